The van der Waals surface area contributed by atoms with Gasteiger partial charge in [0.1, 0.15) is 0 Å². The zero-order valence-corrected chi connectivity index (χ0v) is 8.58. The van der Waals surface area contributed by atoms with Crippen LogP contribution < -0.4 is 0 Å². The van der Waals surface area contributed by atoms with Crippen molar-refractivity contribution in [2.45, 2.75) is 6.92 Å². The van der Waals surface area contributed by atoms with Gasteiger partial charge in [0.15, 0.2) is 0 Å². The van der Waals surface area contributed by atoms with Gasteiger partial charge < -0.3 is 4.74 Å². The monoisotopic (exact) mass is 207 g/mol. The van der Waals surface area contributed by atoms with E-state index in [0.29, 0.717) is 17.2 Å². The summed E-state index contributed by atoms with van der Waals surface area (Å²) in [5, 5.41) is 9.25. The van der Waals surface area contributed by atoms with Crippen molar-refractivity contribution in [3.8, 4) is 6.07 Å². The molecule has 14 heavy (non-hydrogen) atoms. The number of nitrogens with zero attached hydrogens (tertiary/aromatic N) is 1. The molecular weight excluding hydrogens is 198 g/mol. The Hall–Kier alpha value is -1.46. The molecule has 1 rings (SSSR count). The number of nitriles is 1. The van der Waals surface area contributed by atoms with Crippen molar-refractivity contribution in [3.63, 3.8) is 0 Å². The van der Waals surface area contributed by atoms with Crippen molar-refractivity contribution in [1.82, 2.24) is 0 Å². The first-order valence-corrected chi connectivity index (χ1v) is 4.63. The van der Waals surface area contributed by atoms with E-state index in [1.165, 1.54) is 0 Å². The first-order chi connectivity index (χ1) is 6.76. The number of benzene rings is 1. The average molecular weight is 208 g/mol. The van der Waals surface area contributed by atoms with Gasteiger partial charge in [0.05, 0.1) is 24.5 Å². The van der Waals surface area contributed by atoms with E-state index in [1.807, 2.05) is 13.0 Å². The molecule has 0 saturated heterocycles. The summed E-state index contributed by atoms with van der Waals surface area (Å²) in [5.74, 6) is 0. The van der Waals surface area contributed by atoms with Crippen molar-refractivity contribution in [1.29, 1.82) is 5.26 Å². The Morgan fingerprint density at radius 1 is 1.50 bits per heavy atom. The van der Waals surface area contributed by atoms with E-state index in [4.69, 9.17) is 21.6 Å². The van der Waals surface area contributed by atoms with Crippen LogP contribution >= 0.6 is 11.6 Å². The van der Waals surface area contributed by atoms with E-state index in [-0.39, 0.29) is 0 Å². The molecule has 0 saturated carbocycles. The minimum atomic E-state index is 0.550. The molecule has 0 aliphatic rings. The Morgan fingerprint density at radius 2 is 2.29 bits per heavy atom. The van der Waals surface area contributed by atoms with Gasteiger partial charge in [-0.25, -0.2) is 0 Å². The van der Waals surface area contributed by atoms with Crippen LogP contribution in [0.5, 0.6) is 0 Å². The average Bonchev–Trinajstić information content (AvgIpc) is 2.17. The fourth-order valence-corrected chi connectivity index (χ4v) is 1.24. The van der Waals surface area contributed by atoms with Crippen LogP contribution in [-0.4, -0.2) is 6.61 Å². The van der Waals surface area contributed by atoms with E-state index in [0.717, 1.165) is 5.56 Å². The molecule has 0 unspecified atom stereocenters. The topological polar surface area (TPSA) is 33.0 Å². The molecule has 1 aromatic carbocycles. The smallest absolute Gasteiger partial charge is 0.0992 e. The minimum absolute atomic E-state index is 0.550. The van der Waals surface area contributed by atoms with Gasteiger partial charge in [-0.3, -0.25) is 0 Å². The van der Waals surface area contributed by atoms with E-state index in [2.05, 4.69) is 0 Å². The van der Waals surface area contributed by atoms with Gasteiger partial charge in [-0.1, -0.05) is 11.6 Å². The summed E-state index contributed by atoms with van der Waals surface area (Å²) in [5.41, 5.74) is 1.41. The lowest BCUT2D eigenvalue weighted by atomic mass is 10.1. The molecule has 0 atom stereocenters. The Morgan fingerprint density at radius 3 is 2.93 bits per heavy atom. The van der Waals surface area contributed by atoms with Gasteiger partial charge in [0, 0.05) is 5.02 Å². The van der Waals surface area contributed by atoms with Crippen molar-refractivity contribution >= 4 is 17.7 Å². The minimum Gasteiger partial charge on any atom is -0.501 e. The summed E-state index contributed by atoms with van der Waals surface area (Å²) in [6, 6.07) is 7.19. The predicted octanol–water partition coefficient (Wildman–Crippen LogP) is 3.22. The lowest BCUT2D eigenvalue weighted by Crippen LogP contribution is -1.80. The van der Waals surface area contributed by atoms with Crippen molar-refractivity contribution in [3.05, 3.63) is 40.6 Å². The highest BCUT2D eigenvalue weighted by Crippen LogP contribution is 2.15. The zero-order valence-electron chi connectivity index (χ0n) is 7.83. The molecule has 0 aliphatic carbocycles. The summed E-state index contributed by atoms with van der Waals surface area (Å²) in [7, 11) is 0. The lowest BCUT2D eigenvalue weighted by Gasteiger charge is -1.97. The molecule has 0 spiro atoms. The number of hydrogen-bond acceptors (Lipinski definition) is 2. The molecule has 0 aromatic heterocycles. The van der Waals surface area contributed by atoms with Crippen molar-refractivity contribution < 1.29 is 4.74 Å². The Bertz CT molecular complexity index is 379. The van der Waals surface area contributed by atoms with Gasteiger partial charge in [0.2, 0.25) is 0 Å². The van der Waals surface area contributed by atoms with Gasteiger partial charge in [-0.05, 0) is 36.8 Å². The summed E-state index contributed by atoms with van der Waals surface area (Å²) < 4.78 is 5.04. The van der Waals surface area contributed by atoms with E-state index >= 15 is 0 Å². The SMILES string of the molecule is CCOC=Cc1cc(Cl)cc(C#N)c1. The van der Waals surface area contributed by atoms with E-state index in [9.17, 15) is 0 Å². The second-order valence-electron chi connectivity index (χ2n) is 2.64. The summed E-state index contributed by atoms with van der Waals surface area (Å²) in [6.45, 7) is 2.53. The maximum Gasteiger partial charge on any atom is 0.0992 e. The largest absolute Gasteiger partial charge is 0.501 e. The van der Waals surface area contributed by atoms with Gasteiger partial charge >= 0.3 is 0 Å². The van der Waals surface area contributed by atoms with Gasteiger partial charge in [-0.2, -0.15) is 5.26 Å². The van der Waals surface area contributed by atoms with Crippen LogP contribution in [0.15, 0.2) is 24.5 Å². The Balaban J connectivity index is 2.88. The zero-order chi connectivity index (χ0) is 10.4. The van der Waals surface area contributed by atoms with Gasteiger partial charge in [0.25, 0.3) is 0 Å². The number of halogens is 1. The molecule has 0 aliphatic heterocycles. The summed E-state index contributed by atoms with van der Waals surface area (Å²) >= 11 is 5.82. The van der Waals surface area contributed by atoms with Crippen LogP contribution in [0.1, 0.15) is 18.1 Å². The van der Waals surface area contributed by atoms with Crippen LogP contribution in [0.25, 0.3) is 6.08 Å². The van der Waals surface area contributed by atoms with E-state index < -0.39 is 0 Å². The van der Waals surface area contributed by atoms with Gasteiger partial charge in [-0.15, -0.1) is 0 Å². The first-order valence-electron chi connectivity index (χ1n) is 4.25. The molecule has 0 fully saturated rings. The molecule has 2 nitrogen and oxygen atoms in total. The van der Waals surface area contributed by atoms with Crippen LogP contribution in [0, 0.1) is 11.3 Å². The summed E-state index contributed by atoms with van der Waals surface area (Å²) in [6.07, 6.45) is 3.36. The second-order valence-corrected chi connectivity index (χ2v) is 3.08. The fraction of sp³-hybridized carbons (Fsp3) is 0.182. The highest BCUT2D eigenvalue weighted by Gasteiger charge is 1.95. The molecule has 0 heterocycles. The lowest BCUT2D eigenvalue weighted by molar-refractivity contribution is 0.272. The number of rotatable bonds is 3. The molecule has 0 amide bonds. The highest BCUT2D eigenvalue weighted by atomic mass is 35.5. The molecule has 72 valence electrons. The maximum absolute atomic E-state index is 8.69. The van der Waals surface area contributed by atoms with Crippen LogP contribution in [-0.2, 0) is 4.74 Å². The van der Waals surface area contributed by atoms with Crippen LogP contribution in [0.4, 0.5) is 0 Å². The molecule has 1 aromatic rings. The van der Waals surface area contributed by atoms with Crippen molar-refractivity contribution in [2.24, 2.45) is 0 Å². The Kier molecular flexibility index (Phi) is 4.03. The third-order valence-corrected chi connectivity index (χ3v) is 1.79. The van der Waals surface area contributed by atoms with Crippen molar-refractivity contribution in [2.75, 3.05) is 6.61 Å². The quantitative estimate of drug-likeness (QED) is 0.713. The molecule has 3 heteroatoms. The fourth-order valence-electron chi connectivity index (χ4n) is 0.996. The third-order valence-electron chi connectivity index (χ3n) is 1.57. The normalized spacial score (nSPS) is 10.1. The molecule has 0 radical (unpaired) electrons. The molecule has 0 N–H and O–H groups in total. The first kappa shape index (κ1) is 10.6. The highest BCUT2D eigenvalue weighted by molar-refractivity contribution is 6.30. The molecular formula is C11H10ClNO. The third kappa shape index (κ3) is 3.12. The van der Waals surface area contributed by atoms with Crippen LogP contribution in [0.2, 0.25) is 5.02 Å². The second kappa shape index (κ2) is 5.31. The number of hydrogen-bond donors (Lipinski definition) is 0. The van der Waals surface area contributed by atoms with E-state index in [1.54, 1.807) is 30.5 Å². The standard InChI is InChI=1S/C11H10ClNO/c1-2-14-4-3-9-5-10(8-13)7-11(12)6-9/h3-7H,2H2,1H3. The number of ether oxygens (including phenoxy) is 1. The molecule has 0 bridgehead atoms. The summed E-state index contributed by atoms with van der Waals surface area (Å²) in [4.78, 5) is 0. The predicted molar refractivity (Wildman–Crippen MR) is 56.8 cm³/mol. The maximum atomic E-state index is 8.69. The Labute approximate surface area is 88.4 Å². The van der Waals surface area contributed by atoms with Crippen LogP contribution in [0.3, 0.4) is 0 Å².